The quantitative estimate of drug-likeness (QED) is 0.529. The lowest BCUT2D eigenvalue weighted by atomic mass is 9.91. The molecule has 0 aliphatic heterocycles. The van der Waals surface area contributed by atoms with Crippen LogP contribution in [0.3, 0.4) is 0 Å². The van der Waals surface area contributed by atoms with Gasteiger partial charge in [0, 0.05) is 0 Å². The highest BCUT2D eigenvalue weighted by Crippen LogP contribution is 2.35. The highest BCUT2D eigenvalue weighted by atomic mass is 19.4. The number of hydrogen-bond acceptors (Lipinski definition) is 1. The first-order valence-corrected chi connectivity index (χ1v) is 3.00. The standard InChI is InChI=1S/C6H7F3O/c7-6(8,9)5(10)4-2-1-3-4/h10H,1-3H2. The molecule has 0 unspecified atom stereocenters. The Bertz CT molecular complexity index is 162. The Morgan fingerprint density at radius 1 is 1.30 bits per heavy atom. The summed E-state index contributed by atoms with van der Waals surface area (Å²) >= 11 is 0. The molecule has 1 aliphatic rings. The van der Waals surface area contributed by atoms with E-state index in [1.165, 1.54) is 0 Å². The van der Waals surface area contributed by atoms with Gasteiger partial charge in [0.05, 0.1) is 0 Å². The van der Waals surface area contributed by atoms with E-state index in [1.54, 1.807) is 0 Å². The second-order valence-corrected chi connectivity index (χ2v) is 2.30. The lowest BCUT2D eigenvalue weighted by molar-refractivity contribution is -0.122. The van der Waals surface area contributed by atoms with Crippen LogP contribution in [-0.2, 0) is 0 Å². The summed E-state index contributed by atoms with van der Waals surface area (Å²) in [6, 6.07) is 0. The molecule has 1 fully saturated rings. The van der Waals surface area contributed by atoms with Crippen molar-refractivity contribution in [2.75, 3.05) is 0 Å². The maximum atomic E-state index is 11.6. The fraction of sp³-hybridized carbons (Fsp3) is 0.667. The van der Waals surface area contributed by atoms with Crippen molar-refractivity contribution in [1.29, 1.82) is 0 Å². The van der Waals surface area contributed by atoms with E-state index in [4.69, 9.17) is 5.11 Å². The molecule has 1 nitrogen and oxygen atoms in total. The molecule has 4 heteroatoms. The van der Waals surface area contributed by atoms with Gasteiger partial charge in [0.1, 0.15) is 0 Å². The van der Waals surface area contributed by atoms with Crippen LogP contribution in [0.1, 0.15) is 19.3 Å². The largest absolute Gasteiger partial charge is 0.504 e. The smallest absolute Gasteiger partial charge is 0.448 e. The lowest BCUT2D eigenvalue weighted by Gasteiger charge is -2.19. The minimum atomic E-state index is -4.53. The summed E-state index contributed by atoms with van der Waals surface area (Å²) in [6.45, 7) is 0. The van der Waals surface area contributed by atoms with Gasteiger partial charge in [-0.3, -0.25) is 0 Å². The SMILES string of the molecule is OC(=C1CCC1)C(F)(F)F. The molecular formula is C6H7F3O. The van der Waals surface area contributed by atoms with Crippen LogP contribution in [0.2, 0.25) is 0 Å². The third-order valence-electron chi connectivity index (χ3n) is 1.56. The normalized spacial score (nSPS) is 18.5. The number of rotatable bonds is 0. The van der Waals surface area contributed by atoms with Crippen LogP contribution in [0, 0.1) is 0 Å². The van der Waals surface area contributed by atoms with Gasteiger partial charge in [-0.05, 0) is 24.8 Å². The molecule has 10 heavy (non-hydrogen) atoms. The van der Waals surface area contributed by atoms with Gasteiger partial charge in [-0.1, -0.05) is 0 Å². The maximum Gasteiger partial charge on any atom is 0.448 e. The number of aliphatic hydroxyl groups is 1. The minimum absolute atomic E-state index is 0.146. The van der Waals surface area contributed by atoms with Crippen LogP contribution in [0.4, 0.5) is 13.2 Å². The van der Waals surface area contributed by atoms with E-state index in [9.17, 15) is 13.2 Å². The van der Waals surface area contributed by atoms with Gasteiger partial charge >= 0.3 is 6.18 Å². The Kier molecular flexibility index (Phi) is 1.62. The van der Waals surface area contributed by atoms with E-state index >= 15 is 0 Å². The molecule has 1 aliphatic carbocycles. The number of alkyl halides is 3. The van der Waals surface area contributed by atoms with Gasteiger partial charge in [0.15, 0.2) is 5.76 Å². The fourth-order valence-corrected chi connectivity index (χ4v) is 0.791. The second-order valence-electron chi connectivity index (χ2n) is 2.30. The van der Waals surface area contributed by atoms with E-state index in [0.29, 0.717) is 12.8 Å². The number of aliphatic hydroxyl groups excluding tert-OH is 1. The first-order chi connectivity index (χ1) is 4.52. The second kappa shape index (κ2) is 2.18. The molecule has 0 heterocycles. The van der Waals surface area contributed by atoms with E-state index in [1.807, 2.05) is 0 Å². The van der Waals surface area contributed by atoms with Gasteiger partial charge < -0.3 is 5.11 Å². The zero-order valence-electron chi connectivity index (χ0n) is 5.20. The zero-order chi connectivity index (χ0) is 7.78. The van der Waals surface area contributed by atoms with Crippen LogP contribution in [0.25, 0.3) is 0 Å². The maximum absolute atomic E-state index is 11.6. The molecule has 1 N–H and O–H groups in total. The van der Waals surface area contributed by atoms with E-state index < -0.39 is 11.9 Å². The van der Waals surface area contributed by atoms with Gasteiger partial charge in [0.2, 0.25) is 0 Å². The number of allylic oxidation sites excluding steroid dienone is 2. The molecule has 0 spiro atoms. The Morgan fingerprint density at radius 2 is 1.80 bits per heavy atom. The van der Waals surface area contributed by atoms with Crippen molar-refractivity contribution in [3.05, 3.63) is 11.3 Å². The minimum Gasteiger partial charge on any atom is -0.504 e. The third-order valence-corrected chi connectivity index (χ3v) is 1.56. The molecule has 0 bridgehead atoms. The monoisotopic (exact) mass is 152 g/mol. The number of halogens is 3. The van der Waals surface area contributed by atoms with Crippen LogP contribution in [0.15, 0.2) is 11.3 Å². The Balaban J connectivity index is 2.71. The van der Waals surface area contributed by atoms with Crippen molar-refractivity contribution >= 4 is 0 Å². The molecule has 0 amide bonds. The molecule has 0 aromatic rings. The van der Waals surface area contributed by atoms with Crippen LogP contribution < -0.4 is 0 Å². The van der Waals surface area contributed by atoms with Gasteiger partial charge in [0.25, 0.3) is 0 Å². The van der Waals surface area contributed by atoms with E-state index in [0.717, 1.165) is 6.42 Å². The Hall–Kier alpha value is -0.670. The summed E-state index contributed by atoms with van der Waals surface area (Å²) < 4.78 is 34.8. The van der Waals surface area contributed by atoms with Crippen molar-refractivity contribution in [3.8, 4) is 0 Å². The fourth-order valence-electron chi connectivity index (χ4n) is 0.791. The topological polar surface area (TPSA) is 20.2 Å². The Labute approximate surface area is 56.2 Å². The molecule has 0 atom stereocenters. The highest BCUT2D eigenvalue weighted by Gasteiger charge is 2.37. The molecular weight excluding hydrogens is 145 g/mol. The van der Waals surface area contributed by atoms with Gasteiger partial charge in [-0.15, -0.1) is 0 Å². The summed E-state index contributed by atoms with van der Waals surface area (Å²) in [6.07, 6.45) is -2.98. The average Bonchev–Trinajstić information content (AvgIpc) is 1.57. The predicted molar refractivity (Wildman–Crippen MR) is 29.6 cm³/mol. The molecule has 0 aromatic heterocycles. The molecule has 1 rings (SSSR count). The van der Waals surface area contributed by atoms with Crippen LogP contribution in [-0.4, -0.2) is 11.3 Å². The molecule has 0 radical (unpaired) electrons. The van der Waals surface area contributed by atoms with Crippen molar-refractivity contribution in [1.82, 2.24) is 0 Å². The first kappa shape index (κ1) is 7.44. The lowest BCUT2D eigenvalue weighted by Crippen LogP contribution is -2.16. The van der Waals surface area contributed by atoms with Gasteiger partial charge in [-0.2, -0.15) is 13.2 Å². The highest BCUT2D eigenvalue weighted by molar-refractivity contribution is 5.17. The van der Waals surface area contributed by atoms with E-state index in [2.05, 4.69) is 0 Å². The molecule has 1 saturated carbocycles. The number of hydrogen-bond donors (Lipinski definition) is 1. The van der Waals surface area contributed by atoms with Crippen molar-refractivity contribution in [3.63, 3.8) is 0 Å². The van der Waals surface area contributed by atoms with Crippen molar-refractivity contribution < 1.29 is 18.3 Å². The summed E-state index contributed by atoms with van der Waals surface area (Å²) in [5.41, 5.74) is 0.146. The third kappa shape index (κ3) is 1.25. The molecule has 58 valence electrons. The summed E-state index contributed by atoms with van der Waals surface area (Å²) in [7, 11) is 0. The summed E-state index contributed by atoms with van der Waals surface area (Å²) in [4.78, 5) is 0. The zero-order valence-corrected chi connectivity index (χ0v) is 5.20. The average molecular weight is 152 g/mol. The van der Waals surface area contributed by atoms with E-state index in [-0.39, 0.29) is 5.57 Å². The van der Waals surface area contributed by atoms with Crippen LogP contribution in [0.5, 0.6) is 0 Å². The summed E-state index contributed by atoms with van der Waals surface area (Å²) in [5.74, 6) is -1.38. The predicted octanol–water partition coefficient (Wildman–Crippen LogP) is 2.54. The van der Waals surface area contributed by atoms with Crippen LogP contribution >= 0.6 is 0 Å². The Morgan fingerprint density at radius 3 is 1.90 bits per heavy atom. The summed E-state index contributed by atoms with van der Waals surface area (Å²) in [5, 5.41) is 8.46. The molecule has 0 aromatic carbocycles. The molecule has 0 saturated heterocycles. The van der Waals surface area contributed by atoms with Crippen molar-refractivity contribution in [2.24, 2.45) is 0 Å². The van der Waals surface area contributed by atoms with Crippen molar-refractivity contribution in [2.45, 2.75) is 25.4 Å². The van der Waals surface area contributed by atoms with Gasteiger partial charge in [-0.25, -0.2) is 0 Å². The first-order valence-electron chi connectivity index (χ1n) is 3.00.